The van der Waals surface area contributed by atoms with Crippen LogP contribution in [0.25, 0.3) is 0 Å². The number of carbonyl (C=O) groups is 2. The van der Waals surface area contributed by atoms with Crippen molar-refractivity contribution >= 4 is 12.6 Å². The molecule has 0 spiro atoms. The maximum absolute atomic E-state index is 9.96. The minimum Gasteiger partial charge on any atom is -0.365 e. The molecule has 0 aliphatic carbocycles. The first-order valence-electron chi connectivity index (χ1n) is 2.51. The fourth-order valence-corrected chi connectivity index (χ4v) is 0.319. The summed E-state index contributed by atoms with van der Waals surface area (Å²) in [4.78, 5) is 21.3. The summed E-state index contributed by atoms with van der Waals surface area (Å²) in [5.74, 6) is 0. The lowest BCUT2D eigenvalue weighted by Crippen LogP contribution is -2.19. The molecule has 0 atom stereocenters. The molecule has 0 N–H and O–H groups in total. The Balaban J connectivity index is 3.71. The molecule has 0 unspecified atom stereocenters. The van der Waals surface area contributed by atoms with Crippen molar-refractivity contribution in [3.63, 3.8) is 0 Å². The van der Waals surface area contributed by atoms with Crippen molar-refractivity contribution in [2.24, 2.45) is 0 Å². The van der Waals surface area contributed by atoms with Crippen LogP contribution in [0, 0.1) is 0 Å². The quantitative estimate of drug-likeness (QED) is 0.388. The summed E-state index contributed by atoms with van der Waals surface area (Å²) in [5.41, 5.74) is 0.321. The second-order valence-corrected chi connectivity index (χ2v) is 1.66. The summed E-state index contributed by atoms with van der Waals surface area (Å²) in [5, 5.41) is 0. The molecule has 3 heteroatoms. The van der Waals surface area contributed by atoms with Crippen molar-refractivity contribution in [1.82, 2.24) is 4.90 Å². The minimum atomic E-state index is 0.220. The van der Waals surface area contributed by atoms with Gasteiger partial charge < -0.3 is 9.69 Å². The van der Waals surface area contributed by atoms with E-state index in [4.69, 9.17) is 0 Å². The minimum absolute atomic E-state index is 0.220. The normalized spacial score (nSPS) is 8.11. The number of hydrogen-bond donors (Lipinski definition) is 0. The maximum Gasteiger partial charge on any atom is 0.165 e. The van der Waals surface area contributed by atoms with E-state index in [-0.39, 0.29) is 6.54 Å². The van der Waals surface area contributed by atoms with E-state index in [1.165, 1.54) is 4.90 Å². The summed E-state index contributed by atoms with van der Waals surface area (Å²) < 4.78 is 0. The topological polar surface area (TPSA) is 37.4 Å². The fourth-order valence-electron chi connectivity index (χ4n) is 0.319. The third kappa shape index (κ3) is 2.64. The standard InChI is InChI=1S/C6H9NO2/c1-6(5-9)7(2)3-4-8/h4-5H,1,3H2,2H3. The molecule has 0 aromatic heterocycles. The molecule has 0 aromatic carbocycles. The maximum atomic E-state index is 9.96. The third-order valence-electron chi connectivity index (χ3n) is 0.975. The molecule has 0 fully saturated rings. The second kappa shape index (κ2) is 3.83. The van der Waals surface area contributed by atoms with Crippen LogP contribution in [0.15, 0.2) is 12.3 Å². The Labute approximate surface area is 54.0 Å². The van der Waals surface area contributed by atoms with Gasteiger partial charge in [0, 0.05) is 7.05 Å². The van der Waals surface area contributed by atoms with E-state index in [0.29, 0.717) is 18.3 Å². The molecule has 0 aromatic rings. The number of likely N-dealkylation sites (N-methyl/N-ethyl adjacent to an activating group) is 1. The van der Waals surface area contributed by atoms with Gasteiger partial charge in [0.25, 0.3) is 0 Å². The van der Waals surface area contributed by atoms with Gasteiger partial charge in [-0.25, -0.2) is 0 Å². The lowest BCUT2D eigenvalue weighted by Gasteiger charge is -2.12. The first-order valence-corrected chi connectivity index (χ1v) is 2.51. The molecule has 9 heavy (non-hydrogen) atoms. The third-order valence-corrected chi connectivity index (χ3v) is 0.975. The van der Waals surface area contributed by atoms with Gasteiger partial charge in [0.15, 0.2) is 6.29 Å². The van der Waals surface area contributed by atoms with Crippen LogP contribution in [-0.4, -0.2) is 31.1 Å². The van der Waals surface area contributed by atoms with E-state index < -0.39 is 0 Å². The molecule has 0 heterocycles. The number of carbonyl (C=O) groups excluding carboxylic acids is 2. The highest BCUT2D eigenvalue weighted by Gasteiger charge is 1.96. The van der Waals surface area contributed by atoms with Crippen LogP contribution in [0.4, 0.5) is 0 Å². The van der Waals surface area contributed by atoms with E-state index in [0.717, 1.165) is 0 Å². The van der Waals surface area contributed by atoms with Gasteiger partial charge >= 0.3 is 0 Å². The highest BCUT2D eigenvalue weighted by molar-refractivity contribution is 5.72. The average molecular weight is 127 g/mol. The van der Waals surface area contributed by atoms with E-state index >= 15 is 0 Å². The van der Waals surface area contributed by atoms with Crippen molar-refractivity contribution in [3.8, 4) is 0 Å². The van der Waals surface area contributed by atoms with Gasteiger partial charge in [0.1, 0.15) is 6.29 Å². The summed E-state index contributed by atoms with van der Waals surface area (Å²) >= 11 is 0. The zero-order valence-corrected chi connectivity index (χ0v) is 5.33. The van der Waals surface area contributed by atoms with Crippen molar-refractivity contribution in [2.45, 2.75) is 0 Å². The van der Waals surface area contributed by atoms with Gasteiger partial charge in [-0.3, -0.25) is 4.79 Å². The SMILES string of the molecule is C=C(C=O)N(C)CC=O. The number of hydrogen-bond acceptors (Lipinski definition) is 3. The Hall–Kier alpha value is -1.12. The Morgan fingerprint density at radius 2 is 2.22 bits per heavy atom. The Kier molecular flexibility index (Phi) is 3.35. The lowest BCUT2D eigenvalue weighted by molar-refractivity contribution is -0.109. The average Bonchev–Trinajstić information content (AvgIpc) is 1.87. The molecule has 0 saturated carbocycles. The Morgan fingerprint density at radius 3 is 2.56 bits per heavy atom. The number of allylic oxidation sites excluding steroid dienone is 1. The zero-order valence-electron chi connectivity index (χ0n) is 5.33. The molecule has 0 saturated heterocycles. The van der Waals surface area contributed by atoms with Crippen LogP contribution < -0.4 is 0 Å². The molecule has 0 aliphatic rings. The van der Waals surface area contributed by atoms with Crippen LogP contribution in [0.1, 0.15) is 0 Å². The van der Waals surface area contributed by atoms with Gasteiger partial charge in [0.2, 0.25) is 0 Å². The lowest BCUT2D eigenvalue weighted by atomic mass is 10.5. The Bertz CT molecular complexity index is 131. The molecule has 3 nitrogen and oxygen atoms in total. The van der Waals surface area contributed by atoms with Crippen LogP contribution in [0.2, 0.25) is 0 Å². The molecule has 0 amide bonds. The van der Waals surface area contributed by atoms with Gasteiger partial charge in [0.05, 0.1) is 12.2 Å². The summed E-state index contributed by atoms with van der Waals surface area (Å²) in [6.45, 7) is 3.61. The van der Waals surface area contributed by atoms with E-state index in [1.807, 2.05) is 0 Å². The highest BCUT2D eigenvalue weighted by atomic mass is 16.1. The molecule has 0 bridgehead atoms. The summed E-state index contributed by atoms with van der Waals surface area (Å²) in [6, 6.07) is 0. The second-order valence-electron chi connectivity index (χ2n) is 1.66. The van der Waals surface area contributed by atoms with Crippen molar-refractivity contribution in [2.75, 3.05) is 13.6 Å². The van der Waals surface area contributed by atoms with Crippen molar-refractivity contribution < 1.29 is 9.59 Å². The number of nitrogens with zero attached hydrogens (tertiary/aromatic N) is 1. The van der Waals surface area contributed by atoms with Crippen LogP contribution in [0.5, 0.6) is 0 Å². The predicted molar refractivity (Wildman–Crippen MR) is 33.9 cm³/mol. The van der Waals surface area contributed by atoms with E-state index in [1.54, 1.807) is 7.05 Å². The zero-order chi connectivity index (χ0) is 7.28. The smallest absolute Gasteiger partial charge is 0.165 e. The van der Waals surface area contributed by atoms with Crippen LogP contribution in [0.3, 0.4) is 0 Å². The molecule has 50 valence electrons. The number of rotatable bonds is 4. The molecular formula is C6H9NO2. The van der Waals surface area contributed by atoms with Gasteiger partial charge in [-0.1, -0.05) is 6.58 Å². The molecule has 0 radical (unpaired) electrons. The van der Waals surface area contributed by atoms with Crippen LogP contribution >= 0.6 is 0 Å². The monoisotopic (exact) mass is 127 g/mol. The molecule has 0 rings (SSSR count). The van der Waals surface area contributed by atoms with Gasteiger partial charge in [-0.15, -0.1) is 0 Å². The summed E-state index contributed by atoms with van der Waals surface area (Å²) in [6.07, 6.45) is 1.33. The van der Waals surface area contributed by atoms with Crippen molar-refractivity contribution in [3.05, 3.63) is 12.3 Å². The largest absolute Gasteiger partial charge is 0.365 e. The van der Waals surface area contributed by atoms with Gasteiger partial charge in [-0.2, -0.15) is 0 Å². The highest BCUT2D eigenvalue weighted by Crippen LogP contribution is 1.89. The van der Waals surface area contributed by atoms with Gasteiger partial charge in [-0.05, 0) is 0 Å². The van der Waals surface area contributed by atoms with E-state index in [2.05, 4.69) is 6.58 Å². The Morgan fingerprint density at radius 1 is 1.67 bits per heavy atom. The molecule has 0 aliphatic heterocycles. The van der Waals surface area contributed by atoms with Crippen LogP contribution in [-0.2, 0) is 9.59 Å². The fraction of sp³-hybridized carbons (Fsp3) is 0.333. The van der Waals surface area contributed by atoms with Crippen molar-refractivity contribution in [1.29, 1.82) is 0 Å². The predicted octanol–water partition coefficient (Wildman–Crippen LogP) is -0.170. The first kappa shape index (κ1) is 7.88. The summed E-state index contributed by atoms with van der Waals surface area (Å²) in [7, 11) is 1.63. The van der Waals surface area contributed by atoms with E-state index in [9.17, 15) is 9.59 Å². The molecular weight excluding hydrogens is 118 g/mol. The first-order chi connectivity index (χ1) is 4.22. The number of aldehydes is 2.